The zero-order valence-electron chi connectivity index (χ0n) is 10.9. The first kappa shape index (κ1) is 13.3. The topological polar surface area (TPSA) is 41.7 Å². The van der Waals surface area contributed by atoms with Crippen molar-refractivity contribution in [3.05, 3.63) is 0 Å². The SMILES string of the molecule is NCCN(CCN1CCOCC1)C1CCCC1. The molecule has 2 N–H and O–H groups in total. The summed E-state index contributed by atoms with van der Waals surface area (Å²) in [6.07, 6.45) is 5.57. The Labute approximate surface area is 105 Å². The molecule has 2 fully saturated rings. The zero-order chi connectivity index (χ0) is 11.9. The van der Waals surface area contributed by atoms with Gasteiger partial charge in [-0.1, -0.05) is 12.8 Å². The van der Waals surface area contributed by atoms with Crippen LogP contribution in [0.2, 0.25) is 0 Å². The highest BCUT2D eigenvalue weighted by atomic mass is 16.5. The van der Waals surface area contributed by atoms with Crippen LogP contribution in [0.1, 0.15) is 25.7 Å². The molecular weight excluding hydrogens is 214 g/mol. The van der Waals surface area contributed by atoms with Crippen molar-refractivity contribution in [2.24, 2.45) is 5.73 Å². The minimum absolute atomic E-state index is 0.791. The van der Waals surface area contributed by atoms with E-state index in [9.17, 15) is 0 Å². The standard InChI is InChI=1S/C13H27N3O/c14-5-6-16(13-3-1-2-4-13)8-7-15-9-11-17-12-10-15/h13H,1-12,14H2. The maximum absolute atomic E-state index is 5.73. The average molecular weight is 241 g/mol. The van der Waals surface area contributed by atoms with Gasteiger partial charge in [-0.2, -0.15) is 0 Å². The van der Waals surface area contributed by atoms with Crippen molar-refractivity contribution >= 4 is 0 Å². The molecule has 1 saturated carbocycles. The van der Waals surface area contributed by atoms with Gasteiger partial charge in [-0.15, -0.1) is 0 Å². The molecule has 0 aromatic rings. The molecule has 0 unspecified atom stereocenters. The number of hydrogen-bond donors (Lipinski definition) is 1. The van der Waals surface area contributed by atoms with Gasteiger partial charge in [-0.3, -0.25) is 9.80 Å². The number of ether oxygens (including phenoxy) is 1. The summed E-state index contributed by atoms with van der Waals surface area (Å²) in [4.78, 5) is 5.13. The van der Waals surface area contributed by atoms with E-state index in [0.29, 0.717) is 0 Å². The van der Waals surface area contributed by atoms with Crippen LogP contribution >= 0.6 is 0 Å². The first-order valence-corrected chi connectivity index (χ1v) is 7.14. The van der Waals surface area contributed by atoms with Crippen molar-refractivity contribution in [3.63, 3.8) is 0 Å². The number of rotatable bonds is 6. The van der Waals surface area contributed by atoms with Gasteiger partial charge in [0.2, 0.25) is 0 Å². The third-order valence-corrected chi connectivity index (χ3v) is 4.06. The Kier molecular flexibility index (Phi) is 5.71. The van der Waals surface area contributed by atoms with Crippen LogP contribution in [-0.4, -0.2) is 68.3 Å². The molecule has 0 spiro atoms. The summed E-state index contributed by atoms with van der Waals surface area (Å²) in [5, 5.41) is 0. The second-order valence-corrected chi connectivity index (χ2v) is 5.22. The normalized spacial score (nSPS) is 23.6. The van der Waals surface area contributed by atoms with Gasteiger partial charge in [0, 0.05) is 45.3 Å². The molecule has 1 aliphatic carbocycles. The van der Waals surface area contributed by atoms with Gasteiger partial charge >= 0.3 is 0 Å². The Morgan fingerprint density at radius 2 is 1.82 bits per heavy atom. The predicted molar refractivity (Wildman–Crippen MR) is 70.1 cm³/mol. The van der Waals surface area contributed by atoms with E-state index in [2.05, 4.69) is 9.80 Å². The van der Waals surface area contributed by atoms with Crippen LogP contribution in [-0.2, 0) is 4.74 Å². The van der Waals surface area contributed by atoms with Crippen molar-refractivity contribution in [1.82, 2.24) is 9.80 Å². The van der Waals surface area contributed by atoms with Crippen molar-refractivity contribution in [2.75, 3.05) is 52.5 Å². The molecule has 0 aromatic heterocycles. The smallest absolute Gasteiger partial charge is 0.0594 e. The Bertz CT molecular complexity index is 201. The molecule has 1 aliphatic heterocycles. The van der Waals surface area contributed by atoms with E-state index in [1.807, 2.05) is 0 Å². The molecule has 0 amide bonds. The number of nitrogens with zero attached hydrogens (tertiary/aromatic N) is 2. The van der Waals surface area contributed by atoms with Gasteiger partial charge < -0.3 is 10.5 Å². The first-order valence-electron chi connectivity index (χ1n) is 7.14. The molecular formula is C13H27N3O. The van der Waals surface area contributed by atoms with E-state index < -0.39 is 0 Å². The van der Waals surface area contributed by atoms with E-state index >= 15 is 0 Å². The van der Waals surface area contributed by atoms with E-state index in [1.165, 1.54) is 38.8 Å². The fraction of sp³-hybridized carbons (Fsp3) is 1.00. The fourth-order valence-electron chi connectivity index (χ4n) is 3.01. The summed E-state index contributed by atoms with van der Waals surface area (Å²) in [5.41, 5.74) is 5.73. The Balaban J connectivity index is 1.72. The van der Waals surface area contributed by atoms with Gasteiger partial charge in [0.15, 0.2) is 0 Å². The molecule has 1 saturated heterocycles. The first-order chi connectivity index (χ1) is 8.40. The highest BCUT2D eigenvalue weighted by Gasteiger charge is 2.22. The van der Waals surface area contributed by atoms with Gasteiger partial charge in [0.05, 0.1) is 13.2 Å². The van der Waals surface area contributed by atoms with Crippen molar-refractivity contribution in [3.8, 4) is 0 Å². The molecule has 0 radical (unpaired) electrons. The molecule has 0 atom stereocenters. The maximum atomic E-state index is 5.73. The van der Waals surface area contributed by atoms with E-state index in [-0.39, 0.29) is 0 Å². The second-order valence-electron chi connectivity index (χ2n) is 5.22. The van der Waals surface area contributed by atoms with Gasteiger partial charge in [-0.25, -0.2) is 0 Å². The van der Waals surface area contributed by atoms with Crippen LogP contribution in [0.3, 0.4) is 0 Å². The summed E-state index contributed by atoms with van der Waals surface area (Å²) >= 11 is 0. The predicted octanol–water partition coefficient (Wildman–Crippen LogP) is 0.522. The van der Waals surface area contributed by atoms with Crippen LogP contribution in [0.4, 0.5) is 0 Å². The Hall–Kier alpha value is -0.160. The molecule has 1 heterocycles. The lowest BCUT2D eigenvalue weighted by atomic mass is 10.2. The van der Waals surface area contributed by atoms with E-state index in [4.69, 9.17) is 10.5 Å². The van der Waals surface area contributed by atoms with Crippen LogP contribution in [0.5, 0.6) is 0 Å². The molecule has 0 bridgehead atoms. The Morgan fingerprint density at radius 3 is 2.47 bits per heavy atom. The Morgan fingerprint density at radius 1 is 1.12 bits per heavy atom. The van der Waals surface area contributed by atoms with E-state index in [0.717, 1.165) is 45.4 Å². The third kappa shape index (κ3) is 4.21. The number of morpholine rings is 1. The third-order valence-electron chi connectivity index (χ3n) is 4.06. The highest BCUT2D eigenvalue weighted by molar-refractivity contribution is 4.78. The highest BCUT2D eigenvalue weighted by Crippen LogP contribution is 2.23. The average Bonchev–Trinajstić information content (AvgIpc) is 2.89. The summed E-state index contributed by atoms with van der Waals surface area (Å²) in [6, 6.07) is 0.805. The molecule has 2 aliphatic rings. The van der Waals surface area contributed by atoms with Crippen LogP contribution in [0, 0.1) is 0 Å². The van der Waals surface area contributed by atoms with Gasteiger partial charge in [0.25, 0.3) is 0 Å². The van der Waals surface area contributed by atoms with Crippen LogP contribution in [0.25, 0.3) is 0 Å². The lowest BCUT2D eigenvalue weighted by molar-refractivity contribution is 0.0311. The molecule has 4 nitrogen and oxygen atoms in total. The van der Waals surface area contributed by atoms with Crippen molar-refractivity contribution < 1.29 is 4.74 Å². The number of nitrogens with two attached hydrogens (primary N) is 1. The van der Waals surface area contributed by atoms with Crippen LogP contribution in [0.15, 0.2) is 0 Å². The quantitative estimate of drug-likeness (QED) is 0.736. The summed E-state index contributed by atoms with van der Waals surface area (Å²) in [6.45, 7) is 8.22. The van der Waals surface area contributed by atoms with Crippen molar-refractivity contribution in [2.45, 2.75) is 31.7 Å². The number of hydrogen-bond acceptors (Lipinski definition) is 4. The van der Waals surface area contributed by atoms with Crippen molar-refractivity contribution in [1.29, 1.82) is 0 Å². The molecule has 100 valence electrons. The summed E-state index contributed by atoms with van der Waals surface area (Å²) < 4.78 is 5.38. The molecule has 17 heavy (non-hydrogen) atoms. The molecule has 4 heteroatoms. The lowest BCUT2D eigenvalue weighted by Crippen LogP contribution is -2.45. The monoisotopic (exact) mass is 241 g/mol. The molecule has 0 aromatic carbocycles. The maximum Gasteiger partial charge on any atom is 0.0594 e. The summed E-state index contributed by atoms with van der Waals surface area (Å²) in [5.74, 6) is 0. The fourth-order valence-corrected chi connectivity index (χ4v) is 3.01. The van der Waals surface area contributed by atoms with Gasteiger partial charge in [0.1, 0.15) is 0 Å². The second kappa shape index (κ2) is 7.31. The largest absolute Gasteiger partial charge is 0.379 e. The molecule has 2 rings (SSSR count). The van der Waals surface area contributed by atoms with Gasteiger partial charge in [-0.05, 0) is 12.8 Å². The summed E-state index contributed by atoms with van der Waals surface area (Å²) in [7, 11) is 0. The lowest BCUT2D eigenvalue weighted by Gasteiger charge is -2.32. The zero-order valence-corrected chi connectivity index (χ0v) is 10.9. The van der Waals surface area contributed by atoms with E-state index in [1.54, 1.807) is 0 Å². The minimum Gasteiger partial charge on any atom is -0.379 e. The minimum atomic E-state index is 0.791. The van der Waals surface area contributed by atoms with Crippen LogP contribution < -0.4 is 5.73 Å².